The van der Waals surface area contributed by atoms with Crippen LogP contribution in [0.25, 0.3) is 101 Å². The lowest BCUT2D eigenvalue weighted by atomic mass is 9.99. The first-order chi connectivity index (χ1) is 23.3. The first kappa shape index (κ1) is 25.6. The summed E-state index contributed by atoms with van der Waals surface area (Å²) in [5, 5.41) is 10.2. The average molecular weight is 633 g/mol. The molecule has 0 radical (unpaired) electrons. The van der Waals surface area contributed by atoms with Crippen LogP contribution in [0.15, 0.2) is 146 Å². The maximum atomic E-state index is 5.35. The molecule has 218 valence electrons. The van der Waals surface area contributed by atoms with Crippen molar-refractivity contribution in [2.24, 2.45) is 0 Å². The number of aromatic nitrogens is 2. The summed E-state index contributed by atoms with van der Waals surface area (Å²) in [4.78, 5) is 5.35. The van der Waals surface area contributed by atoms with Gasteiger partial charge in [0.2, 0.25) is 0 Å². The minimum Gasteiger partial charge on any atom is -0.291 e. The number of benzene rings is 7. The van der Waals surface area contributed by atoms with Gasteiger partial charge in [-0.25, -0.2) is 4.98 Å². The van der Waals surface area contributed by atoms with Gasteiger partial charge >= 0.3 is 0 Å². The Morgan fingerprint density at radius 3 is 2.04 bits per heavy atom. The van der Waals surface area contributed by atoms with Crippen molar-refractivity contribution in [1.82, 2.24) is 9.38 Å². The molecule has 0 fully saturated rings. The zero-order chi connectivity index (χ0) is 30.6. The SMILES string of the molecule is c1ccc2cc3c(cc2c1)nc1c2sc4ccc5ccccc5c4c2cc(-c2ccc(-c4cccc5c4sc4ccccc45)cc2)n31. The smallest absolute Gasteiger partial charge is 0.156 e. The van der Waals surface area contributed by atoms with Crippen LogP contribution in [0.3, 0.4) is 0 Å². The van der Waals surface area contributed by atoms with E-state index in [1.54, 1.807) is 0 Å². The monoisotopic (exact) mass is 632 g/mol. The van der Waals surface area contributed by atoms with Crippen molar-refractivity contribution in [2.75, 3.05) is 0 Å². The van der Waals surface area contributed by atoms with E-state index in [0.29, 0.717) is 0 Å². The van der Waals surface area contributed by atoms with Gasteiger partial charge in [-0.1, -0.05) is 115 Å². The van der Waals surface area contributed by atoms with Crippen molar-refractivity contribution < 1.29 is 0 Å². The fraction of sp³-hybridized carbons (Fsp3) is 0. The molecule has 4 aromatic heterocycles. The summed E-state index contributed by atoms with van der Waals surface area (Å²) in [5.74, 6) is 0. The number of hydrogen-bond donors (Lipinski definition) is 0. The maximum Gasteiger partial charge on any atom is 0.156 e. The topological polar surface area (TPSA) is 17.3 Å². The Balaban J connectivity index is 1.20. The summed E-state index contributed by atoms with van der Waals surface area (Å²) in [6, 6.07) is 53.4. The van der Waals surface area contributed by atoms with Crippen LogP contribution in [0.1, 0.15) is 0 Å². The van der Waals surface area contributed by atoms with E-state index in [0.717, 1.165) is 22.4 Å². The lowest BCUT2D eigenvalue weighted by molar-refractivity contribution is 1.25. The predicted molar refractivity (Wildman–Crippen MR) is 204 cm³/mol. The number of fused-ring (bicyclic) bond motifs is 13. The van der Waals surface area contributed by atoms with E-state index in [9.17, 15) is 0 Å². The molecule has 4 heteroatoms. The fourth-order valence-electron chi connectivity index (χ4n) is 7.56. The van der Waals surface area contributed by atoms with Crippen LogP contribution in [-0.2, 0) is 0 Å². The van der Waals surface area contributed by atoms with Crippen LogP contribution >= 0.6 is 22.7 Å². The van der Waals surface area contributed by atoms with Gasteiger partial charge in [-0.3, -0.25) is 4.40 Å². The second kappa shape index (κ2) is 9.49. The van der Waals surface area contributed by atoms with Gasteiger partial charge in [0.15, 0.2) is 5.65 Å². The highest BCUT2D eigenvalue weighted by molar-refractivity contribution is 7.27. The van der Waals surface area contributed by atoms with Crippen molar-refractivity contribution in [3.8, 4) is 22.4 Å². The van der Waals surface area contributed by atoms with E-state index >= 15 is 0 Å². The number of thiophene rings is 2. The molecule has 11 rings (SSSR count). The van der Waals surface area contributed by atoms with E-state index in [1.165, 1.54) is 78.6 Å². The Hall–Kier alpha value is -5.55. The summed E-state index contributed by atoms with van der Waals surface area (Å²) < 4.78 is 7.59. The van der Waals surface area contributed by atoms with Crippen LogP contribution in [0.4, 0.5) is 0 Å². The van der Waals surface area contributed by atoms with Crippen LogP contribution in [0, 0.1) is 0 Å². The van der Waals surface area contributed by atoms with E-state index < -0.39 is 0 Å². The van der Waals surface area contributed by atoms with Gasteiger partial charge in [-0.05, 0) is 68.6 Å². The molecule has 0 spiro atoms. The van der Waals surface area contributed by atoms with Crippen LogP contribution in [0.2, 0.25) is 0 Å². The van der Waals surface area contributed by atoms with Gasteiger partial charge in [0.25, 0.3) is 0 Å². The number of nitrogens with zero attached hydrogens (tertiary/aromatic N) is 2. The van der Waals surface area contributed by atoms with Crippen LogP contribution in [-0.4, -0.2) is 9.38 Å². The largest absolute Gasteiger partial charge is 0.291 e. The van der Waals surface area contributed by atoms with Crippen molar-refractivity contribution in [1.29, 1.82) is 0 Å². The molecule has 0 bridgehead atoms. The molecule has 0 unspecified atom stereocenters. The summed E-state index contributed by atoms with van der Waals surface area (Å²) in [6.45, 7) is 0. The standard InChI is InChI=1S/C43H24N2S2/c1-2-10-29-23-37-35(22-28(29)9-1)44-43-42-34(40-30-11-4-3-8-25(30)20-21-39(40)47-42)24-36(45(37)43)27-18-16-26(17-19-27)31-13-7-14-33-32-12-5-6-15-38(32)46-41(31)33/h1-24H. The molecule has 0 saturated heterocycles. The number of imidazole rings is 1. The Bertz CT molecular complexity index is 3070. The van der Waals surface area contributed by atoms with Gasteiger partial charge in [0.1, 0.15) is 0 Å². The van der Waals surface area contributed by atoms with E-state index in [1.807, 2.05) is 22.7 Å². The molecule has 0 aliphatic heterocycles. The molecular formula is C43H24N2S2. The average Bonchev–Trinajstić information content (AvgIpc) is 3.82. The van der Waals surface area contributed by atoms with Gasteiger partial charge in [0, 0.05) is 35.6 Å². The minimum absolute atomic E-state index is 1.02. The second-order valence-electron chi connectivity index (χ2n) is 12.4. The molecule has 7 aromatic carbocycles. The van der Waals surface area contributed by atoms with Crippen LogP contribution in [0.5, 0.6) is 0 Å². The van der Waals surface area contributed by atoms with Gasteiger partial charge in [-0.15, -0.1) is 22.7 Å². The highest BCUT2D eigenvalue weighted by Gasteiger charge is 2.20. The summed E-state index contributed by atoms with van der Waals surface area (Å²) >= 11 is 3.73. The molecular weight excluding hydrogens is 609 g/mol. The van der Waals surface area contributed by atoms with Crippen LogP contribution < -0.4 is 0 Å². The highest BCUT2D eigenvalue weighted by atomic mass is 32.1. The van der Waals surface area contributed by atoms with Gasteiger partial charge in [-0.2, -0.15) is 0 Å². The Morgan fingerprint density at radius 2 is 1.17 bits per heavy atom. The summed E-state index contributed by atoms with van der Waals surface area (Å²) in [7, 11) is 0. The molecule has 4 heterocycles. The first-order valence-electron chi connectivity index (χ1n) is 15.9. The first-order valence-corrected chi connectivity index (χ1v) is 17.5. The highest BCUT2D eigenvalue weighted by Crippen LogP contribution is 2.44. The molecule has 2 nitrogen and oxygen atoms in total. The normalized spacial score (nSPS) is 12.3. The zero-order valence-corrected chi connectivity index (χ0v) is 26.7. The minimum atomic E-state index is 1.02. The van der Waals surface area contributed by atoms with E-state index in [2.05, 4.69) is 150 Å². The summed E-state index contributed by atoms with van der Waals surface area (Å²) in [5.41, 5.74) is 8.03. The second-order valence-corrected chi connectivity index (χ2v) is 14.5. The Kier molecular flexibility index (Phi) is 5.17. The third-order valence-corrected chi connectivity index (χ3v) is 12.1. The third-order valence-electron chi connectivity index (χ3n) is 9.76. The number of rotatable bonds is 2. The molecule has 47 heavy (non-hydrogen) atoms. The zero-order valence-electron chi connectivity index (χ0n) is 25.1. The fourth-order valence-corrected chi connectivity index (χ4v) is 9.98. The molecule has 11 aromatic rings. The lowest BCUT2D eigenvalue weighted by Gasteiger charge is -2.11. The predicted octanol–water partition coefficient (Wildman–Crippen LogP) is 12.9. The summed E-state index contributed by atoms with van der Waals surface area (Å²) in [6.07, 6.45) is 0. The molecule has 0 aliphatic rings. The Morgan fingerprint density at radius 1 is 0.468 bits per heavy atom. The van der Waals surface area contributed by atoms with Crippen molar-refractivity contribution >= 4 is 101 Å². The van der Waals surface area contributed by atoms with E-state index in [-0.39, 0.29) is 0 Å². The number of pyridine rings is 1. The third kappa shape index (κ3) is 3.62. The lowest BCUT2D eigenvalue weighted by Crippen LogP contribution is -1.93. The molecule has 0 atom stereocenters. The van der Waals surface area contributed by atoms with Gasteiger partial charge < -0.3 is 0 Å². The Labute approximate surface area is 277 Å². The molecule has 0 N–H and O–H groups in total. The molecule has 0 amide bonds. The van der Waals surface area contributed by atoms with Crippen molar-refractivity contribution in [2.45, 2.75) is 0 Å². The molecule has 0 aliphatic carbocycles. The number of hydrogen-bond acceptors (Lipinski definition) is 3. The van der Waals surface area contributed by atoms with E-state index in [4.69, 9.17) is 4.98 Å². The van der Waals surface area contributed by atoms with Gasteiger partial charge in [0.05, 0.1) is 21.4 Å². The quantitative estimate of drug-likeness (QED) is 0.185. The maximum absolute atomic E-state index is 5.35. The van der Waals surface area contributed by atoms with Crippen molar-refractivity contribution in [3.63, 3.8) is 0 Å². The molecule has 0 saturated carbocycles. The van der Waals surface area contributed by atoms with Crippen molar-refractivity contribution in [3.05, 3.63) is 146 Å².